The molecule has 0 bridgehead atoms. The number of aryl methyl sites for hydroxylation is 1. The van der Waals surface area contributed by atoms with Crippen molar-refractivity contribution in [2.24, 2.45) is 0 Å². The molecule has 0 aliphatic carbocycles. The number of halogens is 2. The molecular formula is C18H18ClFN2O2. The van der Waals surface area contributed by atoms with Crippen molar-refractivity contribution in [2.75, 3.05) is 6.54 Å². The van der Waals surface area contributed by atoms with Gasteiger partial charge >= 0.3 is 0 Å². The summed E-state index contributed by atoms with van der Waals surface area (Å²) in [6.07, 6.45) is 0. The maximum atomic E-state index is 13.6. The Bertz CT molecular complexity index is 764. The third-order valence-corrected chi connectivity index (χ3v) is 3.88. The molecule has 0 heterocycles. The normalized spacial score (nSPS) is 11.7. The Morgan fingerprint density at radius 1 is 1.21 bits per heavy atom. The summed E-state index contributed by atoms with van der Waals surface area (Å²) in [5.41, 5.74) is 1.88. The first-order chi connectivity index (χ1) is 11.4. The fourth-order valence-electron chi connectivity index (χ4n) is 2.31. The summed E-state index contributed by atoms with van der Waals surface area (Å²) in [5.74, 6) is -0.976. The summed E-state index contributed by atoms with van der Waals surface area (Å²) < 4.78 is 13.6. The topological polar surface area (TPSA) is 58.2 Å². The molecule has 0 saturated carbocycles. The van der Waals surface area contributed by atoms with Gasteiger partial charge in [-0.1, -0.05) is 41.9 Å². The van der Waals surface area contributed by atoms with Crippen LogP contribution in [0, 0.1) is 12.7 Å². The van der Waals surface area contributed by atoms with Crippen LogP contribution in [0.2, 0.25) is 5.02 Å². The highest BCUT2D eigenvalue weighted by Gasteiger charge is 2.20. The van der Waals surface area contributed by atoms with E-state index in [2.05, 4.69) is 10.6 Å². The second kappa shape index (κ2) is 7.93. The van der Waals surface area contributed by atoms with E-state index in [1.54, 1.807) is 37.3 Å². The minimum absolute atomic E-state index is 0.142. The number of nitrogens with one attached hydrogen (secondary N) is 2. The van der Waals surface area contributed by atoms with Gasteiger partial charge < -0.3 is 10.6 Å². The van der Waals surface area contributed by atoms with Gasteiger partial charge in [0, 0.05) is 11.9 Å². The van der Waals surface area contributed by atoms with E-state index >= 15 is 0 Å². The first-order valence-corrected chi connectivity index (χ1v) is 7.80. The molecule has 2 N–H and O–H groups in total. The number of carbonyl (C=O) groups is 2. The van der Waals surface area contributed by atoms with Gasteiger partial charge in [0.25, 0.3) is 0 Å². The number of hydrogen-bond donors (Lipinski definition) is 2. The average molecular weight is 349 g/mol. The fourth-order valence-corrected chi connectivity index (χ4v) is 2.56. The number of amides is 2. The van der Waals surface area contributed by atoms with Gasteiger partial charge in [0.2, 0.25) is 11.8 Å². The molecule has 1 unspecified atom stereocenters. The van der Waals surface area contributed by atoms with E-state index in [1.165, 1.54) is 13.0 Å². The molecule has 2 amide bonds. The third kappa shape index (κ3) is 4.55. The SMILES string of the molecule is CC(=O)NCC(=O)NC(c1ccc(F)c(C)c1)c1ccccc1Cl. The van der Waals surface area contributed by atoms with Crippen LogP contribution in [0.25, 0.3) is 0 Å². The lowest BCUT2D eigenvalue weighted by atomic mass is 9.97. The summed E-state index contributed by atoms with van der Waals surface area (Å²) in [5, 5.41) is 5.77. The average Bonchev–Trinajstić information content (AvgIpc) is 2.54. The van der Waals surface area contributed by atoms with Gasteiger partial charge in [0.1, 0.15) is 5.82 Å². The summed E-state index contributed by atoms with van der Waals surface area (Å²) in [7, 11) is 0. The van der Waals surface area contributed by atoms with E-state index in [0.717, 1.165) is 0 Å². The van der Waals surface area contributed by atoms with Crippen LogP contribution in [0.3, 0.4) is 0 Å². The number of hydrogen-bond acceptors (Lipinski definition) is 2. The van der Waals surface area contributed by atoms with E-state index in [0.29, 0.717) is 21.7 Å². The van der Waals surface area contributed by atoms with Crippen LogP contribution in [-0.2, 0) is 9.59 Å². The monoisotopic (exact) mass is 348 g/mol. The number of benzene rings is 2. The summed E-state index contributed by atoms with van der Waals surface area (Å²) >= 11 is 6.26. The Kier molecular flexibility index (Phi) is 5.93. The molecule has 0 spiro atoms. The zero-order valence-electron chi connectivity index (χ0n) is 13.4. The highest BCUT2D eigenvalue weighted by Crippen LogP contribution is 2.29. The van der Waals surface area contributed by atoms with Crippen LogP contribution in [0.15, 0.2) is 42.5 Å². The molecule has 2 rings (SSSR count). The molecule has 24 heavy (non-hydrogen) atoms. The molecule has 0 saturated heterocycles. The van der Waals surface area contributed by atoms with Crippen molar-refractivity contribution >= 4 is 23.4 Å². The van der Waals surface area contributed by atoms with Crippen LogP contribution in [0.4, 0.5) is 4.39 Å². The van der Waals surface area contributed by atoms with Crippen LogP contribution in [-0.4, -0.2) is 18.4 Å². The smallest absolute Gasteiger partial charge is 0.240 e. The Hall–Kier alpha value is -2.40. The molecule has 4 nitrogen and oxygen atoms in total. The van der Waals surface area contributed by atoms with Gasteiger partial charge in [-0.05, 0) is 35.7 Å². The standard InChI is InChI=1S/C18H18ClFN2O2/c1-11-9-13(7-8-16(11)20)18(14-5-3-4-6-15(14)19)22-17(24)10-21-12(2)23/h3-9,18H,10H2,1-2H3,(H,21,23)(H,22,24). The first-order valence-electron chi connectivity index (χ1n) is 7.42. The highest BCUT2D eigenvalue weighted by molar-refractivity contribution is 6.31. The summed E-state index contributed by atoms with van der Waals surface area (Å²) in [6.45, 7) is 2.85. The van der Waals surface area contributed by atoms with Crippen molar-refractivity contribution in [3.63, 3.8) is 0 Å². The highest BCUT2D eigenvalue weighted by atomic mass is 35.5. The lowest BCUT2D eigenvalue weighted by molar-refractivity contribution is -0.125. The second-order valence-corrected chi connectivity index (χ2v) is 5.85. The second-order valence-electron chi connectivity index (χ2n) is 5.44. The van der Waals surface area contributed by atoms with Crippen LogP contribution in [0.5, 0.6) is 0 Å². The molecule has 0 aliphatic heterocycles. The molecule has 126 valence electrons. The zero-order chi connectivity index (χ0) is 17.7. The Morgan fingerprint density at radius 3 is 2.54 bits per heavy atom. The Morgan fingerprint density at radius 2 is 1.92 bits per heavy atom. The molecule has 2 aromatic rings. The van der Waals surface area contributed by atoms with Crippen molar-refractivity contribution in [2.45, 2.75) is 19.9 Å². The van der Waals surface area contributed by atoms with Crippen LogP contribution < -0.4 is 10.6 Å². The molecular weight excluding hydrogens is 331 g/mol. The van der Waals surface area contributed by atoms with E-state index < -0.39 is 6.04 Å². The zero-order valence-corrected chi connectivity index (χ0v) is 14.2. The van der Waals surface area contributed by atoms with Crippen molar-refractivity contribution in [3.05, 3.63) is 70.0 Å². The quantitative estimate of drug-likeness (QED) is 0.872. The van der Waals surface area contributed by atoms with Crippen molar-refractivity contribution < 1.29 is 14.0 Å². The van der Waals surface area contributed by atoms with Gasteiger partial charge in [-0.15, -0.1) is 0 Å². The molecule has 0 aliphatic rings. The molecule has 0 fully saturated rings. The van der Waals surface area contributed by atoms with E-state index in [-0.39, 0.29) is 24.2 Å². The number of carbonyl (C=O) groups excluding carboxylic acids is 2. The molecule has 1 atom stereocenters. The molecule has 0 radical (unpaired) electrons. The van der Waals surface area contributed by atoms with Crippen molar-refractivity contribution in [3.8, 4) is 0 Å². The van der Waals surface area contributed by atoms with Gasteiger partial charge in [-0.25, -0.2) is 4.39 Å². The van der Waals surface area contributed by atoms with Gasteiger partial charge in [0.15, 0.2) is 0 Å². The van der Waals surface area contributed by atoms with Crippen LogP contribution >= 0.6 is 11.6 Å². The number of rotatable bonds is 5. The maximum absolute atomic E-state index is 13.6. The first kappa shape index (κ1) is 17.9. The Labute approximate surface area is 145 Å². The summed E-state index contributed by atoms with van der Waals surface area (Å²) in [4.78, 5) is 23.1. The van der Waals surface area contributed by atoms with Crippen LogP contribution in [0.1, 0.15) is 29.7 Å². The van der Waals surface area contributed by atoms with Gasteiger partial charge in [-0.3, -0.25) is 9.59 Å². The predicted molar refractivity (Wildman–Crippen MR) is 91.3 cm³/mol. The van der Waals surface area contributed by atoms with E-state index in [9.17, 15) is 14.0 Å². The van der Waals surface area contributed by atoms with Crippen molar-refractivity contribution in [1.29, 1.82) is 0 Å². The largest absolute Gasteiger partial charge is 0.347 e. The van der Waals surface area contributed by atoms with Crippen molar-refractivity contribution in [1.82, 2.24) is 10.6 Å². The molecule has 0 aromatic heterocycles. The summed E-state index contributed by atoms with van der Waals surface area (Å²) in [6, 6.07) is 11.2. The minimum atomic E-state index is -0.542. The van der Waals surface area contributed by atoms with E-state index in [1.807, 2.05) is 6.07 Å². The minimum Gasteiger partial charge on any atom is -0.347 e. The van der Waals surface area contributed by atoms with Gasteiger partial charge in [0.05, 0.1) is 12.6 Å². The lowest BCUT2D eigenvalue weighted by Gasteiger charge is -2.21. The fraction of sp³-hybridized carbons (Fsp3) is 0.222. The predicted octanol–water partition coefficient (Wildman–Crippen LogP) is 3.13. The molecule has 6 heteroatoms. The third-order valence-electron chi connectivity index (χ3n) is 3.53. The van der Waals surface area contributed by atoms with E-state index in [4.69, 9.17) is 11.6 Å². The Balaban J connectivity index is 2.34. The van der Waals surface area contributed by atoms with Gasteiger partial charge in [-0.2, -0.15) is 0 Å². The maximum Gasteiger partial charge on any atom is 0.240 e. The lowest BCUT2D eigenvalue weighted by Crippen LogP contribution is -2.38. The molecule has 2 aromatic carbocycles.